The molecule has 0 saturated carbocycles. The van der Waals surface area contributed by atoms with E-state index in [4.69, 9.17) is 4.74 Å². The lowest BCUT2D eigenvalue weighted by atomic mass is 10.1. The van der Waals surface area contributed by atoms with E-state index in [9.17, 15) is 4.79 Å². The van der Waals surface area contributed by atoms with Gasteiger partial charge < -0.3 is 9.72 Å². The minimum atomic E-state index is -0.334. The summed E-state index contributed by atoms with van der Waals surface area (Å²) in [5.41, 5.74) is 1.31. The highest BCUT2D eigenvalue weighted by atomic mass is 16.5. The number of aromatic nitrogens is 3. The monoisotopic (exact) mass is 273 g/mol. The van der Waals surface area contributed by atoms with Gasteiger partial charge in [-0.3, -0.25) is 4.79 Å². The van der Waals surface area contributed by atoms with E-state index in [1.807, 2.05) is 39.1 Å². The third-order valence-electron chi connectivity index (χ3n) is 2.57. The Morgan fingerprint density at radius 1 is 1.40 bits per heavy atom. The maximum Gasteiger partial charge on any atom is 0.227 e. The molecule has 2 rings (SSSR count). The van der Waals surface area contributed by atoms with Crippen molar-refractivity contribution >= 4 is 22.9 Å². The summed E-state index contributed by atoms with van der Waals surface area (Å²) in [6.45, 7) is 7.48. The smallest absolute Gasteiger partial charge is 0.227 e. The number of allylic oxidation sites excluding steroid dienone is 1. The van der Waals surface area contributed by atoms with Gasteiger partial charge in [0.1, 0.15) is 23.4 Å². The van der Waals surface area contributed by atoms with Gasteiger partial charge in [-0.25, -0.2) is 9.97 Å². The Morgan fingerprint density at radius 2 is 2.15 bits per heavy atom. The average molecular weight is 273 g/mol. The SMILES string of the molecule is CC(=O)C/C=C/c1c[nH]c2ncnc(OC(C)(C)C)c12. The molecule has 0 spiro atoms. The highest BCUT2D eigenvalue weighted by molar-refractivity contribution is 5.90. The first-order valence-corrected chi connectivity index (χ1v) is 6.54. The molecular formula is C15H19N3O2. The van der Waals surface area contributed by atoms with E-state index in [2.05, 4.69) is 15.0 Å². The van der Waals surface area contributed by atoms with Crippen molar-refractivity contribution in [1.82, 2.24) is 15.0 Å². The van der Waals surface area contributed by atoms with Crippen molar-refractivity contribution in [2.45, 2.75) is 39.7 Å². The number of nitrogens with one attached hydrogen (secondary N) is 1. The number of fused-ring (bicyclic) bond motifs is 1. The Hall–Kier alpha value is -2.17. The maximum atomic E-state index is 11.0. The lowest BCUT2D eigenvalue weighted by molar-refractivity contribution is -0.116. The van der Waals surface area contributed by atoms with Crippen LogP contribution in [0.3, 0.4) is 0 Å². The topological polar surface area (TPSA) is 67.9 Å². The largest absolute Gasteiger partial charge is 0.471 e. The van der Waals surface area contributed by atoms with Gasteiger partial charge in [0.15, 0.2) is 0 Å². The van der Waals surface area contributed by atoms with Crippen LogP contribution < -0.4 is 4.74 Å². The minimum absolute atomic E-state index is 0.128. The second-order valence-corrected chi connectivity index (χ2v) is 5.67. The summed E-state index contributed by atoms with van der Waals surface area (Å²) in [5, 5.41) is 0.835. The Morgan fingerprint density at radius 3 is 2.80 bits per heavy atom. The van der Waals surface area contributed by atoms with Crippen molar-refractivity contribution in [3.8, 4) is 5.88 Å². The summed E-state index contributed by atoms with van der Waals surface area (Å²) in [5.74, 6) is 0.676. The number of ether oxygens (including phenoxy) is 1. The predicted molar refractivity (Wildman–Crippen MR) is 78.6 cm³/mol. The second-order valence-electron chi connectivity index (χ2n) is 5.67. The summed E-state index contributed by atoms with van der Waals surface area (Å²) < 4.78 is 5.87. The number of hydrogen-bond donors (Lipinski definition) is 1. The standard InChI is InChI=1S/C15H19N3O2/c1-10(19)6-5-7-11-8-16-13-12(11)14(18-9-17-13)20-15(2,3)4/h5,7-9H,6H2,1-4H3,(H,16,17,18)/b7-5+. The Balaban J connectivity index is 2.41. The molecule has 2 aromatic heterocycles. The number of rotatable bonds is 4. The molecule has 2 aromatic rings. The van der Waals surface area contributed by atoms with Crippen LogP contribution in [0.1, 0.15) is 39.7 Å². The third kappa shape index (κ3) is 3.44. The first-order chi connectivity index (χ1) is 9.37. The van der Waals surface area contributed by atoms with Crippen LogP contribution in [0.25, 0.3) is 17.1 Å². The number of H-pyrrole nitrogens is 1. The fourth-order valence-electron chi connectivity index (χ4n) is 1.81. The van der Waals surface area contributed by atoms with Crippen molar-refractivity contribution in [2.24, 2.45) is 0 Å². The van der Waals surface area contributed by atoms with Crippen molar-refractivity contribution in [2.75, 3.05) is 0 Å². The molecule has 0 aliphatic heterocycles. The molecule has 0 aliphatic rings. The Bertz CT molecular complexity index is 651. The van der Waals surface area contributed by atoms with E-state index < -0.39 is 0 Å². The summed E-state index contributed by atoms with van der Waals surface area (Å²) in [7, 11) is 0. The van der Waals surface area contributed by atoms with E-state index in [0.29, 0.717) is 12.3 Å². The first kappa shape index (κ1) is 14.2. The fraction of sp³-hybridized carbons (Fsp3) is 0.400. The summed E-state index contributed by atoms with van der Waals surface area (Å²) >= 11 is 0. The number of nitrogens with zero attached hydrogens (tertiary/aromatic N) is 2. The normalized spacial score (nSPS) is 12.2. The van der Waals surface area contributed by atoms with Gasteiger partial charge in [-0.1, -0.05) is 12.2 Å². The van der Waals surface area contributed by atoms with E-state index >= 15 is 0 Å². The highest BCUT2D eigenvalue weighted by Crippen LogP contribution is 2.28. The first-order valence-electron chi connectivity index (χ1n) is 6.54. The number of aromatic amines is 1. The van der Waals surface area contributed by atoms with Crippen LogP contribution in [0.15, 0.2) is 18.6 Å². The van der Waals surface area contributed by atoms with Crippen LogP contribution in [0.5, 0.6) is 5.88 Å². The number of Topliss-reactive ketones (excluding diaryl/α,β-unsaturated/α-hetero) is 1. The zero-order chi connectivity index (χ0) is 14.8. The number of ketones is 1. The van der Waals surface area contributed by atoms with Crippen LogP contribution in [-0.2, 0) is 4.79 Å². The average Bonchev–Trinajstić information content (AvgIpc) is 2.71. The molecule has 5 nitrogen and oxygen atoms in total. The number of carbonyl (C=O) groups is 1. The lowest BCUT2D eigenvalue weighted by Gasteiger charge is -2.20. The molecule has 0 atom stereocenters. The zero-order valence-electron chi connectivity index (χ0n) is 12.2. The van der Waals surface area contributed by atoms with Crippen molar-refractivity contribution in [1.29, 1.82) is 0 Å². The molecular weight excluding hydrogens is 254 g/mol. The van der Waals surface area contributed by atoms with E-state index in [-0.39, 0.29) is 11.4 Å². The van der Waals surface area contributed by atoms with Gasteiger partial charge in [-0.15, -0.1) is 0 Å². The van der Waals surface area contributed by atoms with Gasteiger partial charge >= 0.3 is 0 Å². The van der Waals surface area contributed by atoms with E-state index in [1.165, 1.54) is 6.33 Å². The Kier molecular flexibility index (Phi) is 3.88. The van der Waals surface area contributed by atoms with Gasteiger partial charge in [0.05, 0.1) is 5.39 Å². The fourth-order valence-corrected chi connectivity index (χ4v) is 1.81. The van der Waals surface area contributed by atoms with Crippen molar-refractivity contribution in [3.63, 3.8) is 0 Å². The molecule has 0 saturated heterocycles. The minimum Gasteiger partial charge on any atom is -0.471 e. The third-order valence-corrected chi connectivity index (χ3v) is 2.57. The second kappa shape index (κ2) is 5.45. The maximum absolute atomic E-state index is 11.0. The molecule has 0 bridgehead atoms. The quantitative estimate of drug-likeness (QED) is 0.929. The molecule has 20 heavy (non-hydrogen) atoms. The van der Waals surface area contributed by atoms with Crippen LogP contribution in [0.2, 0.25) is 0 Å². The van der Waals surface area contributed by atoms with Crippen LogP contribution in [0.4, 0.5) is 0 Å². The van der Waals surface area contributed by atoms with Gasteiger partial charge in [-0.2, -0.15) is 0 Å². The summed E-state index contributed by atoms with van der Waals surface area (Å²) in [6, 6.07) is 0. The van der Waals surface area contributed by atoms with Crippen LogP contribution >= 0.6 is 0 Å². The molecule has 0 aromatic carbocycles. The molecule has 106 valence electrons. The van der Waals surface area contributed by atoms with Crippen molar-refractivity contribution < 1.29 is 9.53 Å². The van der Waals surface area contributed by atoms with Gasteiger partial charge in [0, 0.05) is 18.2 Å². The molecule has 1 N–H and O–H groups in total. The highest BCUT2D eigenvalue weighted by Gasteiger charge is 2.17. The molecule has 2 heterocycles. The summed E-state index contributed by atoms with van der Waals surface area (Å²) in [4.78, 5) is 22.5. The van der Waals surface area contributed by atoms with E-state index in [0.717, 1.165) is 16.6 Å². The zero-order valence-corrected chi connectivity index (χ0v) is 12.2. The Labute approximate surface area is 118 Å². The molecule has 0 unspecified atom stereocenters. The van der Waals surface area contributed by atoms with Crippen molar-refractivity contribution in [3.05, 3.63) is 24.2 Å². The lowest BCUT2D eigenvalue weighted by Crippen LogP contribution is -2.23. The van der Waals surface area contributed by atoms with E-state index in [1.54, 1.807) is 6.92 Å². The van der Waals surface area contributed by atoms with Gasteiger partial charge in [0.2, 0.25) is 5.88 Å². The molecule has 0 aliphatic carbocycles. The van der Waals surface area contributed by atoms with Gasteiger partial charge in [-0.05, 0) is 27.7 Å². The molecule has 0 fully saturated rings. The molecule has 0 amide bonds. The van der Waals surface area contributed by atoms with Crippen LogP contribution in [0, 0.1) is 0 Å². The molecule has 0 radical (unpaired) electrons. The van der Waals surface area contributed by atoms with Crippen LogP contribution in [-0.4, -0.2) is 26.3 Å². The summed E-state index contributed by atoms with van der Waals surface area (Å²) in [6.07, 6.45) is 7.45. The molecule has 5 heteroatoms. The number of carbonyl (C=O) groups excluding carboxylic acids is 1. The number of hydrogen-bond acceptors (Lipinski definition) is 4. The van der Waals surface area contributed by atoms with Gasteiger partial charge in [0.25, 0.3) is 0 Å². The predicted octanol–water partition coefficient (Wildman–Crippen LogP) is 3.13.